The van der Waals surface area contributed by atoms with Gasteiger partial charge in [-0.15, -0.1) is 0 Å². The Morgan fingerprint density at radius 1 is 1.50 bits per heavy atom. The van der Waals surface area contributed by atoms with Gasteiger partial charge >= 0.3 is 0 Å². The lowest BCUT2D eigenvalue weighted by molar-refractivity contribution is -0.123. The Hall–Kier alpha value is -2.08. The highest BCUT2D eigenvalue weighted by Gasteiger charge is 2.12. The van der Waals surface area contributed by atoms with Crippen LogP contribution in [0.25, 0.3) is 0 Å². The topological polar surface area (TPSA) is 80.2 Å². The van der Waals surface area contributed by atoms with Crippen molar-refractivity contribution < 1.29 is 19.4 Å². The van der Waals surface area contributed by atoms with Gasteiger partial charge in [0.15, 0.2) is 11.5 Å². The zero-order valence-corrected chi connectivity index (χ0v) is 8.34. The number of carbonyl (C=O) groups is 1. The summed E-state index contributed by atoms with van der Waals surface area (Å²) in [7, 11) is 0. The minimum absolute atomic E-state index is 0.219. The number of fused-ring (bicyclic) bond motifs is 1. The van der Waals surface area contributed by atoms with Gasteiger partial charge in [0, 0.05) is 0 Å². The standard InChI is InChI=1S/C10H10N2O4/c13-5-10(14)12-11-4-7-1-2-8-9(3-7)16-6-15-8/h1-4,13H,5-6H2,(H,12,14)/b11-4+. The fourth-order valence-electron chi connectivity index (χ4n) is 1.21. The Morgan fingerprint density at radius 2 is 2.31 bits per heavy atom. The molecule has 1 aromatic rings. The second-order valence-electron chi connectivity index (χ2n) is 3.06. The van der Waals surface area contributed by atoms with Crippen LogP contribution in [0.5, 0.6) is 11.5 Å². The van der Waals surface area contributed by atoms with Crippen LogP contribution in [0.15, 0.2) is 23.3 Å². The molecular formula is C10H10N2O4. The highest BCUT2D eigenvalue weighted by atomic mass is 16.7. The molecule has 0 atom stereocenters. The Bertz CT molecular complexity index is 431. The van der Waals surface area contributed by atoms with Crippen molar-refractivity contribution in [3.63, 3.8) is 0 Å². The van der Waals surface area contributed by atoms with Crippen LogP contribution in [-0.4, -0.2) is 30.6 Å². The van der Waals surface area contributed by atoms with Crippen molar-refractivity contribution in [3.05, 3.63) is 23.8 Å². The van der Waals surface area contributed by atoms with E-state index in [1.54, 1.807) is 18.2 Å². The van der Waals surface area contributed by atoms with Crippen LogP contribution in [0.2, 0.25) is 0 Å². The van der Waals surface area contributed by atoms with Crippen molar-refractivity contribution in [2.45, 2.75) is 0 Å². The molecule has 16 heavy (non-hydrogen) atoms. The fraction of sp³-hybridized carbons (Fsp3) is 0.200. The van der Waals surface area contributed by atoms with Gasteiger partial charge in [0.2, 0.25) is 6.79 Å². The Morgan fingerprint density at radius 3 is 3.12 bits per heavy atom. The predicted molar refractivity (Wildman–Crippen MR) is 55.4 cm³/mol. The maximum atomic E-state index is 10.7. The zero-order chi connectivity index (χ0) is 11.4. The zero-order valence-electron chi connectivity index (χ0n) is 8.34. The lowest BCUT2D eigenvalue weighted by atomic mass is 10.2. The highest BCUT2D eigenvalue weighted by molar-refractivity contribution is 5.83. The maximum Gasteiger partial charge on any atom is 0.265 e. The van der Waals surface area contributed by atoms with Crippen LogP contribution in [0, 0.1) is 0 Å². The van der Waals surface area contributed by atoms with Crippen LogP contribution < -0.4 is 14.9 Å². The number of benzene rings is 1. The molecule has 0 spiro atoms. The first-order valence-electron chi connectivity index (χ1n) is 4.62. The number of aliphatic hydroxyl groups excluding tert-OH is 1. The number of hydrogen-bond donors (Lipinski definition) is 2. The molecule has 2 N–H and O–H groups in total. The molecule has 0 bridgehead atoms. The van der Waals surface area contributed by atoms with Gasteiger partial charge in [-0.05, 0) is 23.8 Å². The van der Waals surface area contributed by atoms with E-state index in [9.17, 15) is 4.79 Å². The molecule has 84 valence electrons. The van der Waals surface area contributed by atoms with E-state index in [0.717, 1.165) is 5.56 Å². The van der Waals surface area contributed by atoms with E-state index < -0.39 is 12.5 Å². The second-order valence-corrected chi connectivity index (χ2v) is 3.06. The quantitative estimate of drug-likeness (QED) is 0.551. The van der Waals surface area contributed by atoms with Crippen LogP contribution in [0.1, 0.15) is 5.56 Å². The van der Waals surface area contributed by atoms with E-state index in [4.69, 9.17) is 14.6 Å². The third-order valence-corrected chi connectivity index (χ3v) is 1.94. The smallest absolute Gasteiger partial charge is 0.265 e. The molecule has 0 aromatic heterocycles. The molecule has 1 aromatic carbocycles. The van der Waals surface area contributed by atoms with E-state index in [1.807, 2.05) is 0 Å². The number of ether oxygens (including phenoxy) is 2. The van der Waals surface area contributed by atoms with Crippen LogP contribution in [0.3, 0.4) is 0 Å². The number of rotatable bonds is 3. The molecular weight excluding hydrogens is 212 g/mol. The van der Waals surface area contributed by atoms with Gasteiger partial charge in [0.1, 0.15) is 6.61 Å². The van der Waals surface area contributed by atoms with Gasteiger partial charge in [0.25, 0.3) is 5.91 Å². The van der Waals surface area contributed by atoms with Crippen molar-refractivity contribution in [2.75, 3.05) is 13.4 Å². The number of carbonyl (C=O) groups excluding carboxylic acids is 1. The minimum atomic E-state index is -0.585. The lowest BCUT2D eigenvalue weighted by Gasteiger charge is -1.97. The molecule has 0 radical (unpaired) electrons. The summed E-state index contributed by atoms with van der Waals surface area (Å²) in [4.78, 5) is 10.7. The van der Waals surface area contributed by atoms with Gasteiger partial charge < -0.3 is 14.6 Å². The number of amides is 1. The minimum Gasteiger partial charge on any atom is -0.454 e. The van der Waals surface area contributed by atoms with E-state index in [1.165, 1.54) is 6.21 Å². The van der Waals surface area contributed by atoms with Gasteiger partial charge in [-0.2, -0.15) is 5.10 Å². The van der Waals surface area contributed by atoms with E-state index in [0.29, 0.717) is 11.5 Å². The molecule has 6 nitrogen and oxygen atoms in total. The van der Waals surface area contributed by atoms with Gasteiger partial charge in [-0.1, -0.05) is 0 Å². The summed E-state index contributed by atoms with van der Waals surface area (Å²) >= 11 is 0. The second kappa shape index (κ2) is 4.63. The number of hydrogen-bond acceptors (Lipinski definition) is 5. The highest BCUT2D eigenvalue weighted by Crippen LogP contribution is 2.31. The molecule has 6 heteroatoms. The largest absolute Gasteiger partial charge is 0.454 e. The molecule has 0 saturated heterocycles. The molecule has 0 aliphatic carbocycles. The van der Waals surface area contributed by atoms with Crippen molar-refractivity contribution in [1.29, 1.82) is 0 Å². The van der Waals surface area contributed by atoms with Gasteiger partial charge in [-0.25, -0.2) is 5.43 Å². The number of aliphatic hydroxyl groups is 1. The Balaban J connectivity index is 2.02. The average Bonchev–Trinajstić information content (AvgIpc) is 2.76. The molecule has 1 amide bonds. The lowest BCUT2D eigenvalue weighted by Crippen LogP contribution is -2.20. The van der Waals surface area contributed by atoms with Gasteiger partial charge in [-0.3, -0.25) is 4.79 Å². The molecule has 1 aliphatic rings. The molecule has 1 aliphatic heterocycles. The molecule has 0 fully saturated rings. The average molecular weight is 222 g/mol. The monoisotopic (exact) mass is 222 g/mol. The van der Waals surface area contributed by atoms with Crippen LogP contribution >= 0.6 is 0 Å². The molecule has 1 heterocycles. The van der Waals surface area contributed by atoms with Crippen LogP contribution in [0.4, 0.5) is 0 Å². The number of nitrogens with zero attached hydrogens (tertiary/aromatic N) is 1. The summed E-state index contributed by atoms with van der Waals surface area (Å²) in [5.41, 5.74) is 2.92. The summed E-state index contributed by atoms with van der Waals surface area (Å²) in [5, 5.41) is 12.1. The summed E-state index contributed by atoms with van der Waals surface area (Å²) < 4.78 is 10.3. The summed E-state index contributed by atoms with van der Waals surface area (Å²) in [6.07, 6.45) is 1.45. The Labute approximate surface area is 91.5 Å². The first kappa shape index (κ1) is 10.4. The van der Waals surface area contributed by atoms with Crippen molar-refractivity contribution in [2.24, 2.45) is 5.10 Å². The van der Waals surface area contributed by atoms with Crippen LogP contribution in [-0.2, 0) is 4.79 Å². The van der Waals surface area contributed by atoms with Gasteiger partial charge in [0.05, 0.1) is 6.21 Å². The maximum absolute atomic E-state index is 10.7. The molecule has 0 saturated carbocycles. The molecule has 0 unspecified atom stereocenters. The first-order chi connectivity index (χ1) is 7.79. The Kier molecular flexibility index (Phi) is 3.02. The fourth-order valence-corrected chi connectivity index (χ4v) is 1.21. The van der Waals surface area contributed by atoms with Crippen molar-refractivity contribution in [1.82, 2.24) is 5.43 Å². The third kappa shape index (κ3) is 2.29. The predicted octanol–water partition coefficient (Wildman–Crippen LogP) is -0.142. The van der Waals surface area contributed by atoms with Crippen molar-refractivity contribution >= 4 is 12.1 Å². The van der Waals surface area contributed by atoms with Crippen molar-refractivity contribution in [3.8, 4) is 11.5 Å². The third-order valence-electron chi connectivity index (χ3n) is 1.94. The first-order valence-corrected chi connectivity index (χ1v) is 4.62. The number of nitrogens with one attached hydrogen (secondary N) is 1. The van der Waals surface area contributed by atoms with E-state index in [-0.39, 0.29) is 6.79 Å². The summed E-state index contributed by atoms with van der Waals surface area (Å²) in [5.74, 6) is 0.783. The molecule has 2 rings (SSSR count). The summed E-state index contributed by atoms with van der Waals surface area (Å²) in [6, 6.07) is 5.29. The van der Waals surface area contributed by atoms with E-state index in [2.05, 4.69) is 10.5 Å². The van der Waals surface area contributed by atoms with E-state index >= 15 is 0 Å². The normalized spacial score (nSPS) is 13.1. The number of hydrazone groups is 1. The SMILES string of the molecule is O=C(CO)N/N=C/c1ccc2c(c1)OCO2. The summed E-state index contributed by atoms with van der Waals surface area (Å²) in [6.45, 7) is -0.365.